The van der Waals surface area contributed by atoms with Crippen LogP contribution in [0.25, 0.3) is 0 Å². The lowest BCUT2D eigenvalue weighted by Crippen LogP contribution is -2.33. The molecule has 2 aromatic heterocycles. The van der Waals surface area contributed by atoms with E-state index in [4.69, 9.17) is 0 Å². The Labute approximate surface area is 130 Å². The lowest BCUT2D eigenvalue weighted by Gasteiger charge is -2.31. The van der Waals surface area contributed by atoms with E-state index in [0.717, 1.165) is 38.3 Å². The zero-order valence-electron chi connectivity index (χ0n) is 13.2. The Hall–Kier alpha value is -1.79. The van der Waals surface area contributed by atoms with Crippen molar-refractivity contribution in [3.63, 3.8) is 0 Å². The number of pyridine rings is 1. The van der Waals surface area contributed by atoms with Crippen LogP contribution in [0.4, 0.5) is 0 Å². The van der Waals surface area contributed by atoms with Crippen LogP contribution in [0.5, 0.6) is 0 Å². The Bertz CT molecular complexity index is 631. The van der Waals surface area contributed by atoms with Crippen LogP contribution < -0.4 is 0 Å². The van der Waals surface area contributed by atoms with Crippen molar-refractivity contribution < 1.29 is 5.11 Å². The minimum absolute atomic E-state index is 0.0519. The van der Waals surface area contributed by atoms with Gasteiger partial charge in [-0.05, 0) is 50.0 Å². The Morgan fingerprint density at radius 1 is 1.27 bits per heavy atom. The van der Waals surface area contributed by atoms with Crippen molar-refractivity contribution in [2.45, 2.75) is 38.8 Å². The standard InChI is InChI=1S/C16H23N5O/c1-12-9-17-6-3-14(12)10-21-7-4-13(5-8-21)16-19-18-15(11-22)20(16)2/h3,6,9,13,22H,4-5,7-8,10-11H2,1-2H3. The summed E-state index contributed by atoms with van der Waals surface area (Å²) in [6.07, 6.45) is 5.96. The van der Waals surface area contributed by atoms with E-state index >= 15 is 0 Å². The molecule has 22 heavy (non-hydrogen) atoms. The number of likely N-dealkylation sites (tertiary alicyclic amines) is 1. The molecular weight excluding hydrogens is 278 g/mol. The van der Waals surface area contributed by atoms with Crippen LogP contribution in [0.3, 0.4) is 0 Å². The second-order valence-corrected chi connectivity index (χ2v) is 6.04. The molecule has 0 atom stereocenters. The molecule has 0 spiro atoms. The predicted molar refractivity (Wildman–Crippen MR) is 83.2 cm³/mol. The SMILES string of the molecule is Cc1cnccc1CN1CCC(c2nnc(CO)n2C)CC1. The number of aryl methyl sites for hydroxylation is 1. The van der Waals surface area contributed by atoms with Gasteiger partial charge in [-0.25, -0.2) is 0 Å². The summed E-state index contributed by atoms with van der Waals surface area (Å²) in [6.45, 7) is 5.18. The molecule has 1 saturated heterocycles. The van der Waals surface area contributed by atoms with Crippen LogP contribution in [-0.2, 0) is 20.2 Å². The molecule has 118 valence electrons. The Morgan fingerprint density at radius 3 is 2.68 bits per heavy atom. The molecule has 1 aliphatic rings. The summed E-state index contributed by atoms with van der Waals surface area (Å²) in [4.78, 5) is 6.64. The molecule has 3 rings (SSSR count). The van der Waals surface area contributed by atoms with Crippen molar-refractivity contribution in [2.75, 3.05) is 13.1 Å². The van der Waals surface area contributed by atoms with Crippen molar-refractivity contribution in [1.82, 2.24) is 24.6 Å². The smallest absolute Gasteiger partial charge is 0.158 e. The first-order chi connectivity index (χ1) is 10.7. The number of hydrogen-bond donors (Lipinski definition) is 1. The molecule has 1 N–H and O–H groups in total. The van der Waals surface area contributed by atoms with Gasteiger partial charge in [-0.15, -0.1) is 10.2 Å². The molecule has 0 amide bonds. The van der Waals surface area contributed by atoms with Crippen LogP contribution in [0.15, 0.2) is 18.5 Å². The van der Waals surface area contributed by atoms with E-state index in [1.165, 1.54) is 11.1 Å². The molecule has 0 aromatic carbocycles. The van der Waals surface area contributed by atoms with Gasteiger partial charge in [-0.2, -0.15) is 0 Å². The zero-order valence-corrected chi connectivity index (χ0v) is 13.2. The molecule has 0 bridgehead atoms. The average molecular weight is 301 g/mol. The second kappa shape index (κ2) is 6.54. The molecule has 0 aliphatic carbocycles. The molecule has 3 heterocycles. The molecular formula is C16H23N5O. The van der Waals surface area contributed by atoms with Crippen molar-refractivity contribution in [2.24, 2.45) is 7.05 Å². The highest BCUT2D eigenvalue weighted by molar-refractivity contribution is 5.21. The van der Waals surface area contributed by atoms with Crippen molar-refractivity contribution in [3.05, 3.63) is 41.2 Å². The van der Waals surface area contributed by atoms with Crippen LogP contribution in [-0.4, -0.2) is 42.8 Å². The van der Waals surface area contributed by atoms with Gasteiger partial charge in [0.15, 0.2) is 5.82 Å². The number of nitrogens with zero attached hydrogens (tertiary/aromatic N) is 5. The average Bonchev–Trinajstić information content (AvgIpc) is 2.91. The Morgan fingerprint density at radius 2 is 2.05 bits per heavy atom. The highest BCUT2D eigenvalue weighted by atomic mass is 16.3. The maximum absolute atomic E-state index is 9.23. The fraction of sp³-hybridized carbons (Fsp3) is 0.562. The summed E-state index contributed by atoms with van der Waals surface area (Å²) in [6, 6.07) is 2.11. The minimum atomic E-state index is -0.0519. The van der Waals surface area contributed by atoms with Gasteiger partial charge < -0.3 is 9.67 Å². The van der Waals surface area contributed by atoms with E-state index in [9.17, 15) is 5.11 Å². The second-order valence-electron chi connectivity index (χ2n) is 6.04. The van der Waals surface area contributed by atoms with Crippen molar-refractivity contribution in [1.29, 1.82) is 0 Å². The van der Waals surface area contributed by atoms with E-state index in [2.05, 4.69) is 33.1 Å². The highest BCUT2D eigenvalue weighted by Gasteiger charge is 2.25. The maximum Gasteiger partial charge on any atom is 0.158 e. The van der Waals surface area contributed by atoms with E-state index in [1.54, 1.807) is 0 Å². The maximum atomic E-state index is 9.23. The monoisotopic (exact) mass is 301 g/mol. The van der Waals surface area contributed by atoms with Gasteiger partial charge in [0.25, 0.3) is 0 Å². The summed E-state index contributed by atoms with van der Waals surface area (Å²) in [5.74, 6) is 2.08. The summed E-state index contributed by atoms with van der Waals surface area (Å²) in [5.41, 5.74) is 2.61. The van der Waals surface area contributed by atoms with E-state index in [-0.39, 0.29) is 6.61 Å². The number of aliphatic hydroxyl groups excluding tert-OH is 1. The third-order valence-electron chi connectivity index (χ3n) is 4.62. The molecule has 1 aliphatic heterocycles. The van der Waals surface area contributed by atoms with Gasteiger partial charge >= 0.3 is 0 Å². The summed E-state index contributed by atoms with van der Waals surface area (Å²) in [7, 11) is 1.94. The van der Waals surface area contributed by atoms with Gasteiger partial charge in [0.2, 0.25) is 0 Å². The van der Waals surface area contributed by atoms with E-state index in [1.807, 2.05) is 24.0 Å². The van der Waals surface area contributed by atoms with Gasteiger partial charge in [0.05, 0.1) is 0 Å². The van der Waals surface area contributed by atoms with Gasteiger partial charge in [-0.1, -0.05) is 0 Å². The summed E-state index contributed by atoms with van der Waals surface area (Å²) < 4.78 is 1.94. The molecule has 0 saturated carbocycles. The number of aromatic nitrogens is 4. The number of hydrogen-bond acceptors (Lipinski definition) is 5. The fourth-order valence-electron chi connectivity index (χ4n) is 3.14. The third kappa shape index (κ3) is 3.03. The third-order valence-corrected chi connectivity index (χ3v) is 4.62. The van der Waals surface area contributed by atoms with E-state index in [0.29, 0.717) is 11.7 Å². The Kier molecular flexibility index (Phi) is 4.49. The Balaban J connectivity index is 1.60. The quantitative estimate of drug-likeness (QED) is 0.924. The normalized spacial score (nSPS) is 17.0. The highest BCUT2D eigenvalue weighted by Crippen LogP contribution is 2.27. The molecule has 2 aromatic rings. The van der Waals surface area contributed by atoms with E-state index < -0.39 is 0 Å². The molecule has 0 unspecified atom stereocenters. The molecule has 1 fully saturated rings. The molecule has 6 heteroatoms. The van der Waals surface area contributed by atoms with Crippen LogP contribution >= 0.6 is 0 Å². The number of rotatable bonds is 4. The minimum Gasteiger partial charge on any atom is -0.388 e. The first-order valence-electron chi connectivity index (χ1n) is 7.80. The molecule has 0 radical (unpaired) electrons. The number of piperidine rings is 1. The van der Waals surface area contributed by atoms with Crippen LogP contribution in [0.2, 0.25) is 0 Å². The van der Waals surface area contributed by atoms with Crippen molar-refractivity contribution in [3.8, 4) is 0 Å². The summed E-state index contributed by atoms with van der Waals surface area (Å²) in [5, 5.41) is 17.5. The topological polar surface area (TPSA) is 67.1 Å². The number of aliphatic hydroxyl groups is 1. The van der Waals surface area contributed by atoms with Crippen LogP contribution in [0, 0.1) is 6.92 Å². The van der Waals surface area contributed by atoms with Gasteiger partial charge in [0.1, 0.15) is 12.4 Å². The van der Waals surface area contributed by atoms with Crippen molar-refractivity contribution >= 4 is 0 Å². The van der Waals surface area contributed by atoms with Gasteiger partial charge in [0, 0.05) is 31.9 Å². The first kappa shape index (κ1) is 15.1. The largest absolute Gasteiger partial charge is 0.388 e. The predicted octanol–water partition coefficient (Wildman–Crippen LogP) is 1.39. The van der Waals surface area contributed by atoms with Crippen LogP contribution in [0.1, 0.15) is 41.5 Å². The lowest BCUT2D eigenvalue weighted by molar-refractivity contribution is 0.199. The van der Waals surface area contributed by atoms with Gasteiger partial charge in [-0.3, -0.25) is 9.88 Å². The lowest BCUT2D eigenvalue weighted by atomic mass is 9.95. The fourth-order valence-corrected chi connectivity index (χ4v) is 3.14. The zero-order chi connectivity index (χ0) is 15.5. The summed E-state index contributed by atoms with van der Waals surface area (Å²) >= 11 is 0. The first-order valence-corrected chi connectivity index (χ1v) is 7.80. The molecule has 6 nitrogen and oxygen atoms in total.